The molecule has 0 atom stereocenters. The molecule has 0 aliphatic rings. The first-order valence-electron chi connectivity index (χ1n) is 5.33. The van der Waals surface area contributed by atoms with E-state index in [4.69, 9.17) is 10.8 Å². The van der Waals surface area contributed by atoms with E-state index in [2.05, 4.69) is 4.98 Å². The smallest absolute Gasteiger partial charge is 0.335 e. The zero-order chi connectivity index (χ0) is 13.8. The number of hydrogen-bond donors (Lipinski definition) is 2. The van der Waals surface area contributed by atoms with Crippen molar-refractivity contribution in [2.75, 3.05) is 0 Å². The summed E-state index contributed by atoms with van der Waals surface area (Å²) < 4.78 is 0. The van der Waals surface area contributed by atoms with Gasteiger partial charge in [0, 0.05) is 16.0 Å². The van der Waals surface area contributed by atoms with E-state index in [1.165, 1.54) is 24.0 Å². The number of primary amides is 1. The maximum Gasteiger partial charge on any atom is 0.335 e. The Balaban J connectivity index is 2.26. The van der Waals surface area contributed by atoms with Crippen molar-refractivity contribution in [3.05, 3.63) is 53.9 Å². The molecule has 1 aromatic carbocycles. The Morgan fingerprint density at radius 3 is 2.58 bits per heavy atom. The number of benzene rings is 1. The Morgan fingerprint density at radius 2 is 1.89 bits per heavy atom. The molecule has 5 nitrogen and oxygen atoms in total. The fourth-order valence-corrected chi connectivity index (χ4v) is 2.34. The maximum atomic E-state index is 11.0. The van der Waals surface area contributed by atoms with Gasteiger partial charge in [-0.1, -0.05) is 17.8 Å². The molecule has 6 heteroatoms. The molecule has 0 aliphatic carbocycles. The van der Waals surface area contributed by atoms with Crippen LogP contribution in [0.4, 0.5) is 0 Å². The molecule has 0 aliphatic heterocycles. The van der Waals surface area contributed by atoms with Crippen LogP contribution in [0.25, 0.3) is 0 Å². The predicted octanol–water partition coefficient (Wildman–Crippen LogP) is 2.03. The van der Waals surface area contributed by atoms with Crippen LogP contribution < -0.4 is 5.73 Å². The number of nitrogens with zero attached hydrogens (tertiary/aromatic N) is 1. The molecule has 96 valence electrons. The summed E-state index contributed by atoms with van der Waals surface area (Å²) >= 11 is 1.34. The van der Waals surface area contributed by atoms with Gasteiger partial charge < -0.3 is 10.8 Å². The van der Waals surface area contributed by atoms with Gasteiger partial charge in [-0.05, 0) is 30.3 Å². The number of carboxylic acids is 1. The van der Waals surface area contributed by atoms with Gasteiger partial charge in [0.15, 0.2) is 0 Å². The van der Waals surface area contributed by atoms with Gasteiger partial charge in [-0.2, -0.15) is 0 Å². The second-order valence-electron chi connectivity index (χ2n) is 3.68. The van der Waals surface area contributed by atoms with Crippen LogP contribution >= 0.6 is 11.8 Å². The highest BCUT2D eigenvalue weighted by Crippen LogP contribution is 2.28. The van der Waals surface area contributed by atoms with E-state index >= 15 is 0 Å². The summed E-state index contributed by atoms with van der Waals surface area (Å²) in [6.07, 6.45) is 1.49. The van der Waals surface area contributed by atoms with Crippen molar-refractivity contribution in [3.63, 3.8) is 0 Å². The molecule has 2 rings (SSSR count). The van der Waals surface area contributed by atoms with Gasteiger partial charge in [-0.15, -0.1) is 0 Å². The first-order valence-corrected chi connectivity index (χ1v) is 6.15. The second kappa shape index (κ2) is 5.53. The van der Waals surface area contributed by atoms with Crippen LogP contribution in [0.1, 0.15) is 20.8 Å². The maximum absolute atomic E-state index is 11.0. The summed E-state index contributed by atoms with van der Waals surface area (Å²) in [5.74, 6) is -1.57. The number of rotatable bonds is 4. The fourth-order valence-electron chi connectivity index (χ4n) is 1.44. The Morgan fingerprint density at radius 1 is 1.16 bits per heavy atom. The van der Waals surface area contributed by atoms with Crippen molar-refractivity contribution in [2.45, 2.75) is 9.79 Å². The molecule has 3 N–H and O–H groups in total. The number of carbonyl (C=O) groups is 2. The molecule has 1 amide bonds. The first-order chi connectivity index (χ1) is 9.06. The van der Waals surface area contributed by atoms with Gasteiger partial charge in [0.25, 0.3) is 5.91 Å². The summed E-state index contributed by atoms with van der Waals surface area (Å²) in [6, 6.07) is 9.85. The van der Waals surface area contributed by atoms with Crippen molar-refractivity contribution in [3.8, 4) is 0 Å². The third-order valence-electron chi connectivity index (χ3n) is 2.30. The zero-order valence-corrected chi connectivity index (χ0v) is 10.6. The van der Waals surface area contributed by atoms with E-state index < -0.39 is 11.9 Å². The molecule has 2 aromatic rings. The van der Waals surface area contributed by atoms with Crippen molar-refractivity contribution >= 4 is 23.6 Å². The largest absolute Gasteiger partial charge is 0.478 e. The molecule has 0 unspecified atom stereocenters. The number of aromatic carboxylic acids is 1. The minimum absolute atomic E-state index is 0.180. The van der Waals surface area contributed by atoms with Crippen molar-refractivity contribution < 1.29 is 14.7 Å². The molecule has 1 aromatic heterocycles. The van der Waals surface area contributed by atoms with Gasteiger partial charge >= 0.3 is 5.97 Å². The van der Waals surface area contributed by atoms with Crippen molar-refractivity contribution in [1.82, 2.24) is 4.98 Å². The topological polar surface area (TPSA) is 93.3 Å². The highest BCUT2D eigenvalue weighted by atomic mass is 32.2. The van der Waals surface area contributed by atoms with Crippen LogP contribution in [-0.4, -0.2) is 22.0 Å². The van der Waals surface area contributed by atoms with Crippen LogP contribution in [0.15, 0.2) is 52.4 Å². The van der Waals surface area contributed by atoms with E-state index in [0.29, 0.717) is 0 Å². The third kappa shape index (κ3) is 3.32. The Labute approximate surface area is 113 Å². The van der Waals surface area contributed by atoms with E-state index in [1.807, 2.05) is 0 Å². The quantitative estimate of drug-likeness (QED) is 0.889. The van der Waals surface area contributed by atoms with Gasteiger partial charge in [0.05, 0.1) is 5.56 Å². The molecule has 0 spiro atoms. The fraction of sp³-hybridized carbons (Fsp3) is 0. The summed E-state index contributed by atoms with van der Waals surface area (Å²) in [7, 11) is 0. The molecule has 0 saturated heterocycles. The monoisotopic (exact) mass is 274 g/mol. The predicted molar refractivity (Wildman–Crippen MR) is 70.3 cm³/mol. The molecule has 0 bridgehead atoms. The molecule has 0 saturated carbocycles. The number of pyridine rings is 1. The SMILES string of the molecule is NC(=O)c1cc(Sc2cccc(C(=O)O)c2)ccn1. The summed E-state index contributed by atoms with van der Waals surface area (Å²) in [6.45, 7) is 0. The molecular formula is C13H10N2O3S. The van der Waals surface area contributed by atoms with Crippen LogP contribution in [0.5, 0.6) is 0 Å². The summed E-state index contributed by atoms with van der Waals surface area (Å²) in [5.41, 5.74) is 5.55. The molecule has 0 radical (unpaired) electrons. The average molecular weight is 274 g/mol. The zero-order valence-electron chi connectivity index (χ0n) is 9.74. The van der Waals surface area contributed by atoms with Crippen LogP contribution in [0.2, 0.25) is 0 Å². The van der Waals surface area contributed by atoms with Gasteiger partial charge in [-0.25, -0.2) is 4.79 Å². The van der Waals surface area contributed by atoms with E-state index in [0.717, 1.165) is 9.79 Å². The standard InChI is InChI=1S/C13H10N2O3S/c14-12(16)11-7-10(4-5-15-11)19-9-3-1-2-8(6-9)13(17)18/h1-7H,(H2,14,16)(H,17,18). The molecular weight excluding hydrogens is 264 g/mol. The molecule has 19 heavy (non-hydrogen) atoms. The lowest BCUT2D eigenvalue weighted by Crippen LogP contribution is -2.12. The van der Waals surface area contributed by atoms with Crippen molar-refractivity contribution in [1.29, 1.82) is 0 Å². The number of amides is 1. The average Bonchev–Trinajstić information content (AvgIpc) is 2.39. The second-order valence-corrected chi connectivity index (χ2v) is 4.82. The Bertz CT molecular complexity index is 588. The Kier molecular flexibility index (Phi) is 3.82. The first kappa shape index (κ1) is 13.1. The molecule has 1 heterocycles. The van der Waals surface area contributed by atoms with Crippen molar-refractivity contribution in [2.24, 2.45) is 5.73 Å². The minimum atomic E-state index is -0.977. The van der Waals surface area contributed by atoms with Crippen LogP contribution in [0, 0.1) is 0 Å². The lowest BCUT2D eigenvalue weighted by Gasteiger charge is -2.03. The molecule has 0 fully saturated rings. The third-order valence-corrected chi connectivity index (χ3v) is 3.28. The van der Waals surface area contributed by atoms with Gasteiger partial charge in [0.1, 0.15) is 5.69 Å². The van der Waals surface area contributed by atoms with E-state index in [9.17, 15) is 9.59 Å². The number of nitrogens with two attached hydrogens (primary N) is 1. The van der Waals surface area contributed by atoms with Gasteiger partial charge in [-0.3, -0.25) is 9.78 Å². The normalized spacial score (nSPS) is 10.1. The lowest BCUT2D eigenvalue weighted by atomic mass is 10.2. The Hall–Kier alpha value is -2.34. The lowest BCUT2D eigenvalue weighted by molar-refractivity contribution is 0.0696. The number of carboxylic acid groups (broad SMARTS) is 1. The highest BCUT2D eigenvalue weighted by molar-refractivity contribution is 7.99. The summed E-state index contributed by atoms with van der Waals surface area (Å²) in [4.78, 5) is 27.3. The van der Waals surface area contributed by atoms with E-state index in [1.54, 1.807) is 30.3 Å². The van der Waals surface area contributed by atoms with E-state index in [-0.39, 0.29) is 11.3 Å². The summed E-state index contributed by atoms with van der Waals surface area (Å²) in [5, 5.41) is 8.91. The van der Waals surface area contributed by atoms with Gasteiger partial charge in [0.2, 0.25) is 0 Å². The number of aromatic nitrogens is 1. The highest BCUT2D eigenvalue weighted by Gasteiger charge is 2.06. The number of carbonyl (C=O) groups excluding carboxylic acids is 1. The minimum Gasteiger partial charge on any atom is -0.478 e. The van der Waals surface area contributed by atoms with Crippen LogP contribution in [0.3, 0.4) is 0 Å². The van der Waals surface area contributed by atoms with Crippen LogP contribution in [-0.2, 0) is 0 Å². The number of hydrogen-bond acceptors (Lipinski definition) is 4.